The van der Waals surface area contributed by atoms with Crippen LogP contribution >= 0.6 is 0 Å². The summed E-state index contributed by atoms with van der Waals surface area (Å²) in [5.41, 5.74) is 0. The third-order valence-electron chi connectivity index (χ3n) is 1.73. The van der Waals surface area contributed by atoms with Gasteiger partial charge in [-0.2, -0.15) is 0 Å². The molecule has 0 atom stereocenters. The molecule has 0 aromatic carbocycles. The maximum absolute atomic E-state index is 4.94. The second-order valence-corrected chi connectivity index (χ2v) is 2.91. The molecule has 2 N–H and O–H groups in total. The van der Waals surface area contributed by atoms with Gasteiger partial charge in [-0.05, 0) is 45.9 Å². The van der Waals surface area contributed by atoms with Crippen molar-refractivity contribution < 1.29 is 4.74 Å². The monoisotopic (exact) mass is 174 g/mol. The summed E-state index contributed by atoms with van der Waals surface area (Å²) in [6.45, 7) is 4.20. The van der Waals surface area contributed by atoms with E-state index in [9.17, 15) is 0 Å². The topological polar surface area (TPSA) is 33.3 Å². The molecular formula is C9H22N2O. The molecular weight excluding hydrogens is 152 g/mol. The standard InChI is InChI=1S/C9H22N2O/c1-10-6-3-4-7-11-8-5-9-12-2/h10-11H,3-9H2,1-2H3. The first-order valence-corrected chi connectivity index (χ1v) is 4.76. The zero-order chi connectivity index (χ0) is 9.07. The molecule has 3 nitrogen and oxygen atoms in total. The second kappa shape index (κ2) is 10.9. The van der Waals surface area contributed by atoms with Crippen LogP contribution in [0.15, 0.2) is 0 Å². The first-order valence-electron chi connectivity index (χ1n) is 4.76. The van der Waals surface area contributed by atoms with Crippen LogP contribution < -0.4 is 10.6 Å². The molecule has 74 valence electrons. The Morgan fingerprint density at radius 2 is 1.67 bits per heavy atom. The summed E-state index contributed by atoms with van der Waals surface area (Å²) in [6.07, 6.45) is 3.63. The van der Waals surface area contributed by atoms with Crippen LogP contribution in [0.2, 0.25) is 0 Å². The van der Waals surface area contributed by atoms with Crippen LogP contribution in [0.4, 0.5) is 0 Å². The summed E-state index contributed by atoms with van der Waals surface area (Å²) < 4.78 is 4.94. The summed E-state index contributed by atoms with van der Waals surface area (Å²) in [6, 6.07) is 0. The Balaban J connectivity index is 2.73. The normalized spacial score (nSPS) is 10.5. The van der Waals surface area contributed by atoms with Gasteiger partial charge in [0.1, 0.15) is 0 Å². The van der Waals surface area contributed by atoms with Crippen LogP contribution in [0.25, 0.3) is 0 Å². The fourth-order valence-corrected chi connectivity index (χ4v) is 1.02. The van der Waals surface area contributed by atoms with E-state index in [0.717, 1.165) is 32.7 Å². The molecule has 0 rings (SSSR count). The Kier molecular flexibility index (Phi) is 10.8. The molecule has 0 saturated heterocycles. The smallest absolute Gasteiger partial charge is 0.0474 e. The molecule has 0 heterocycles. The van der Waals surface area contributed by atoms with Crippen LogP contribution in [0.3, 0.4) is 0 Å². The van der Waals surface area contributed by atoms with Gasteiger partial charge in [0.05, 0.1) is 0 Å². The third kappa shape index (κ3) is 9.88. The van der Waals surface area contributed by atoms with E-state index < -0.39 is 0 Å². The highest BCUT2D eigenvalue weighted by atomic mass is 16.5. The molecule has 12 heavy (non-hydrogen) atoms. The maximum Gasteiger partial charge on any atom is 0.0474 e. The van der Waals surface area contributed by atoms with Crippen molar-refractivity contribution in [3.05, 3.63) is 0 Å². The van der Waals surface area contributed by atoms with Crippen molar-refractivity contribution >= 4 is 0 Å². The minimum atomic E-state index is 0.865. The van der Waals surface area contributed by atoms with Gasteiger partial charge < -0.3 is 15.4 Å². The largest absolute Gasteiger partial charge is 0.385 e. The molecule has 0 aliphatic carbocycles. The summed E-state index contributed by atoms with van der Waals surface area (Å²) in [4.78, 5) is 0. The van der Waals surface area contributed by atoms with Gasteiger partial charge in [-0.15, -0.1) is 0 Å². The van der Waals surface area contributed by atoms with E-state index in [2.05, 4.69) is 10.6 Å². The molecule has 0 amide bonds. The predicted molar refractivity (Wildman–Crippen MR) is 52.5 cm³/mol. The van der Waals surface area contributed by atoms with E-state index in [4.69, 9.17) is 4.74 Å². The molecule has 0 bridgehead atoms. The third-order valence-corrected chi connectivity index (χ3v) is 1.73. The molecule has 3 heteroatoms. The average molecular weight is 174 g/mol. The van der Waals surface area contributed by atoms with Crippen molar-refractivity contribution in [2.75, 3.05) is 40.4 Å². The molecule has 0 aromatic rings. The van der Waals surface area contributed by atoms with Crippen LogP contribution in [0.1, 0.15) is 19.3 Å². The lowest BCUT2D eigenvalue weighted by Gasteiger charge is -2.03. The molecule has 0 unspecified atom stereocenters. The Bertz CT molecular complexity index is 68.9. The van der Waals surface area contributed by atoms with E-state index in [1.807, 2.05) is 7.05 Å². The fourth-order valence-electron chi connectivity index (χ4n) is 1.02. The van der Waals surface area contributed by atoms with E-state index in [0.29, 0.717) is 0 Å². The van der Waals surface area contributed by atoms with Crippen molar-refractivity contribution in [1.82, 2.24) is 10.6 Å². The Morgan fingerprint density at radius 1 is 1.00 bits per heavy atom. The highest BCUT2D eigenvalue weighted by molar-refractivity contribution is 4.49. The lowest BCUT2D eigenvalue weighted by atomic mass is 10.3. The molecule has 0 radical (unpaired) electrons. The maximum atomic E-state index is 4.94. The summed E-state index contributed by atoms with van der Waals surface area (Å²) >= 11 is 0. The highest BCUT2D eigenvalue weighted by Gasteiger charge is 1.88. The summed E-state index contributed by atoms with van der Waals surface area (Å²) in [5, 5.41) is 6.50. The molecule has 0 saturated carbocycles. The highest BCUT2D eigenvalue weighted by Crippen LogP contribution is 1.84. The average Bonchev–Trinajstić information content (AvgIpc) is 2.10. The van der Waals surface area contributed by atoms with Crippen LogP contribution in [0, 0.1) is 0 Å². The summed E-state index contributed by atoms with van der Waals surface area (Å²) in [5.74, 6) is 0. The van der Waals surface area contributed by atoms with Crippen molar-refractivity contribution in [3.8, 4) is 0 Å². The van der Waals surface area contributed by atoms with Crippen molar-refractivity contribution in [3.63, 3.8) is 0 Å². The molecule has 0 aliphatic rings. The quantitative estimate of drug-likeness (QED) is 0.503. The van der Waals surface area contributed by atoms with E-state index in [-0.39, 0.29) is 0 Å². The number of unbranched alkanes of at least 4 members (excludes halogenated alkanes) is 1. The van der Waals surface area contributed by atoms with Gasteiger partial charge in [-0.25, -0.2) is 0 Å². The van der Waals surface area contributed by atoms with Crippen molar-refractivity contribution in [1.29, 1.82) is 0 Å². The Morgan fingerprint density at radius 3 is 2.33 bits per heavy atom. The number of ether oxygens (including phenoxy) is 1. The first-order chi connectivity index (χ1) is 5.91. The zero-order valence-electron chi connectivity index (χ0n) is 8.36. The number of nitrogens with one attached hydrogen (secondary N) is 2. The Labute approximate surface area is 75.9 Å². The van der Waals surface area contributed by atoms with Gasteiger partial charge in [0.25, 0.3) is 0 Å². The van der Waals surface area contributed by atoms with Crippen molar-refractivity contribution in [2.24, 2.45) is 0 Å². The van der Waals surface area contributed by atoms with Gasteiger partial charge in [-0.1, -0.05) is 0 Å². The van der Waals surface area contributed by atoms with Gasteiger partial charge in [0.15, 0.2) is 0 Å². The van der Waals surface area contributed by atoms with Gasteiger partial charge >= 0.3 is 0 Å². The zero-order valence-corrected chi connectivity index (χ0v) is 8.36. The van der Waals surface area contributed by atoms with Crippen LogP contribution in [0.5, 0.6) is 0 Å². The van der Waals surface area contributed by atoms with Crippen LogP contribution in [-0.2, 0) is 4.74 Å². The first kappa shape index (κ1) is 11.9. The number of hydrogen-bond donors (Lipinski definition) is 2. The molecule has 0 aromatic heterocycles. The van der Waals surface area contributed by atoms with Crippen molar-refractivity contribution in [2.45, 2.75) is 19.3 Å². The van der Waals surface area contributed by atoms with Gasteiger partial charge in [-0.3, -0.25) is 0 Å². The number of rotatable bonds is 9. The molecule has 0 fully saturated rings. The molecule has 0 aliphatic heterocycles. The van der Waals surface area contributed by atoms with E-state index in [1.165, 1.54) is 12.8 Å². The minimum Gasteiger partial charge on any atom is -0.385 e. The molecule has 0 spiro atoms. The van der Waals surface area contributed by atoms with Gasteiger partial charge in [0.2, 0.25) is 0 Å². The van der Waals surface area contributed by atoms with Crippen LogP contribution in [-0.4, -0.2) is 40.4 Å². The fraction of sp³-hybridized carbons (Fsp3) is 1.00. The summed E-state index contributed by atoms with van der Waals surface area (Å²) in [7, 11) is 3.74. The van der Waals surface area contributed by atoms with E-state index in [1.54, 1.807) is 7.11 Å². The minimum absolute atomic E-state index is 0.865. The number of hydrogen-bond acceptors (Lipinski definition) is 3. The predicted octanol–water partition coefficient (Wildman–Crippen LogP) is 0.612. The number of methoxy groups -OCH3 is 1. The van der Waals surface area contributed by atoms with Gasteiger partial charge in [0, 0.05) is 13.7 Å². The second-order valence-electron chi connectivity index (χ2n) is 2.91. The Hall–Kier alpha value is -0.120. The SMILES string of the molecule is CNCCCCNCCCOC. The lowest BCUT2D eigenvalue weighted by molar-refractivity contribution is 0.194. The lowest BCUT2D eigenvalue weighted by Crippen LogP contribution is -2.19. The van der Waals surface area contributed by atoms with E-state index >= 15 is 0 Å².